The topological polar surface area (TPSA) is 77.1 Å². The molecule has 7 heteroatoms. The van der Waals surface area contributed by atoms with Gasteiger partial charge in [0, 0.05) is 37.8 Å². The van der Waals surface area contributed by atoms with Crippen molar-refractivity contribution in [1.29, 1.82) is 0 Å². The molecule has 21 heavy (non-hydrogen) atoms. The van der Waals surface area contributed by atoms with Gasteiger partial charge in [0.2, 0.25) is 0 Å². The first-order valence-electron chi connectivity index (χ1n) is 6.89. The standard InChI is InChI=1S/C14H17N5O2/c1-10-5-14(15-7-13(10)19(20)21)18-4-3-11(9-18)12-6-16-17(2)8-12/h5-8,11H,3-4,9H2,1-2H3. The molecule has 3 heterocycles. The smallest absolute Gasteiger partial charge is 0.290 e. The van der Waals surface area contributed by atoms with Gasteiger partial charge in [0.1, 0.15) is 12.0 Å². The van der Waals surface area contributed by atoms with Gasteiger partial charge in [-0.25, -0.2) is 4.98 Å². The lowest BCUT2D eigenvalue weighted by molar-refractivity contribution is -0.385. The van der Waals surface area contributed by atoms with Gasteiger partial charge in [-0.05, 0) is 25.0 Å². The minimum absolute atomic E-state index is 0.0711. The van der Waals surface area contributed by atoms with Crippen molar-refractivity contribution >= 4 is 11.5 Å². The second-order valence-corrected chi connectivity index (χ2v) is 5.47. The third kappa shape index (κ3) is 2.58. The first kappa shape index (κ1) is 13.5. The quantitative estimate of drug-likeness (QED) is 0.637. The molecule has 2 aromatic heterocycles. The molecule has 0 amide bonds. The highest BCUT2D eigenvalue weighted by atomic mass is 16.6. The maximum atomic E-state index is 10.8. The van der Waals surface area contributed by atoms with E-state index in [0.29, 0.717) is 11.5 Å². The highest BCUT2D eigenvalue weighted by molar-refractivity contribution is 5.49. The third-order valence-electron chi connectivity index (χ3n) is 3.97. The van der Waals surface area contributed by atoms with Crippen LogP contribution in [-0.2, 0) is 7.05 Å². The Hall–Kier alpha value is -2.44. The lowest BCUT2D eigenvalue weighted by atomic mass is 10.0. The van der Waals surface area contributed by atoms with Gasteiger partial charge in [0.15, 0.2) is 0 Å². The number of hydrogen-bond donors (Lipinski definition) is 0. The van der Waals surface area contributed by atoms with Crippen molar-refractivity contribution in [2.75, 3.05) is 18.0 Å². The van der Waals surface area contributed by atoms with Gasteiger partial charge in [-0.15, -0.1) is 0 Å². The zero-order valence-electron chi connectivity index (χ0n) is 12.1. The molecule has 0 saturated carbocycles. The molecule has 1 fully saturated rings. The van der Waals surface area contributed by atoms with Crippen LogP contribution in [0.3, 0.4) is 0 Å². The zero-order chi connectivity index (χ0) is 15.0. The molecule has 0 N–H and O–H groups in total. The van der Waals surface area contributed by atoms with Crippen LogP contribution >= 0.6 is 0 Å². The van der Waals surface area contributed by atoms with E-state index >= 15 is 0 Å². The van der Waals surface area contributed by atoms with Gasteiger partial charge in [0.05, 0.1) is 11.1 Å². The minimum Gasteiger partial charge on any atom is -0.356 e. The van der Waals surface area contributed by atoms with Crippen LogP contribution in [0.5, 0.6) is 0 Å². The average molecular weight is 287 g/mol. The van der Waals surface area contributed by atoms with E-state index in [2.05, 4.69) is 15.0 Å². The summed E-state index contributed by atoms with van der Waals surface area (Å²) in [5, 5.41) is 15.0. The summed E-state index contributed by atoms with van der Waals surface area (Å²) in [4.78, 5) is 16.9. The Labute approximate surface area is 122 Å². The van der Waals surface area contributed by atoms with Crippen LogP contribution in [-0.4, -0.2) is 32.8 Å². The summed E-state index contributed by atoms with van der Waals surface area (Å²) >= 11 is 0. The van der Waals surface area contributed by atoms with E-state index in [1.54, 1.807) is 13.0 Å². The number of aryl methyl sites for hydroxylation is 2. The maximum absolute atomic E-state index is 10.8. The molecule has 110 valence electrons. The predicted molar refractivity (Wildman–Crippen MR) is 78.4 cm³/mol. The summed E-state index contributed by atoms with van der Waals surface area (Å²) in [7, 11) is 1.91. The third-order valence-corrected chi connectivity index (χ3v) is 3.97. The van der Waals surface area contributed by atoms with Gasteiger partial charge in [-0.2, -0.15) is 5.10 Å². The monoisotopic (exact) mass is 287 g/mol. The Morgan fingerprint density at radius 1 is 1.43 bits per heavy atom. The normalized spacial score (nSPS) is 18.2. The summed E-state index contributed by atoms with van der Waals surface area (Å²) in [5.74, 6) is 1.25. The summed E-state index contributed by atoms with van der Waals surface area (Å²) in [5.41, 5.74) is 1.95. The molecule has 1 atom stereocenters. The van der Waals surface area contributed by atoms with Gasteiger partial charge >= 0.3 is 0 Å². The molecular weight excluding hydrogens is 270 g/mol. The summed E-state index contributed by atoms with van der Waals surface area (Å²) < 4.78 is 1.81. The maximum Gasteiger partial charge on any atom is 0.290 e. The Morgan fingerprint density at radius 2 is 2.24 bits per heavy atom. The molecule has 0 aromatic carbocycles. The molecule has 7 nitrogen and oxygen atoms in total. The first-order chi connectivity index (χ1) is 10.0. The second-order valence-electron chi connectivity index (χ2n) is 5.47. The van der Waals surface area contributed by atoms with Crippen molar-refractivity contribution < 1.29 is 4.92 Å². The predicted octanol–water partition coefficient (Wildman–Crippen LogP) is 2.03. The Kier molecular flexibility index (Phi) is 3.32. The molecule has 3 rings (SSSR count). The number of rotatable bonds is 3. The van der Waals surface area contributed by atoms with Gasteiger partial charge < -0.3 is 4.90 Å². The number of aromatic nitrogens is 3. The number of nitro groups is 1. The molecule has 2 aromatic rings. The van der Waals surface area contributed by atoms with Crippen LogP contribution in [0.25, 0.3) is 0 Å². The Morgan fingerprint density at radius 3 is 2.86 bits per heavy atom. The molecule has 1 saturated heterocycles. The molecular formula is C14H17N5O2. The zero-order valence-corrected chi connectivity index (χ0v) is 12.1. The van der Waals surface area contributed by atoms with E-state index in [9.17, 15) is 10.1 Å². The molecule has 1 aliphatic rings. The molecule has 0 spiro atoms. The number of hydrogen-bond acceptors (Lipinski definition) is 5. The largest absolute Gasteiger partial charge is 0.356 e. The fourth-order valence-electron chi connectivity index (χ4n) is 2.79. The highest BCUT2D eigenvalue weighted by Gasteiger charge is 2.26. The van der Waals surface area contributed by atoms with Crippen LogP contribution in [0.2, 0.25) is 0 Å². The van der Waals surface area contributed by atoms with Gasteiger partial charge in [-0.1, -0.05) is 0 Å². The highest BCUT2D eigenvalue weighted by Crippen LogP contribution is 2.31. The van der Waals surface area contributed by atoms with Crippen molar-refractivity contribution in [3.05, 3.63) is 45.9 Å². The van der Waals surface area contributed by atoms with Gasteiger partial charge in [-0.3, -0.25) is 14.8 Å². The molecule has 1 aliphatic heterocycles. The van der Waals surface area contributed by atoms with Crippen LogP contribution in [0.1, 0.15) is 23.5 Å². The van der Waals surface area contributed by atoms with Gasteiger partial charge in [0.25, 0.3) is 5.69 Å². The van der Waals surface area contributed by atoms with E-state index in [1.165, 1.54) is 11.8 Å². The first-order valence-corrected chi connectivity index (χ1v) is 6.89. The van der Waals surface area contributed by atoms with Crippen LogP contribution in [0.4, 0.5) is 11.5 Å². The lowest BCUT2D eigenvalue weighted by Crippen LogP contribution is -2.20. The van der Waals surface area contributed by atoms with E-state index in [4.69, 9.17) is 0 Å². The number of nitrogens with zero attached hydrogens (tertiary/aromatic N) is 5. The molecule has 1 unspecified atom stereocenters. The second kappa shape index (κ2) is 5.16. The van der Waals surface area contributed by atoms with E-state index < -0.39 is 4.92 Å². The SMILES string of the molecule is Cc1cc(N2CCC(c3cnn(C)c3)C2)ncc1[N+](=O)[O-]. The summed E-state index contributed by atoms with van der Waals surface area (Å²) in [6, 6.07) is 1.80. The van der Waals surface area contributed by atoms with Crippen molar-refractivity contribution in [3.8, 4) is 0 Å². The van der Waals surface area contributed by atoms with Crippen LogP contribution in [0, 0.1) is 17.0 Å². The van der Waals surface area contributed by atoms with Crippen LogP contribution in [0.15, 0.2) is 24.7 Å². The van der Waals surface area contributed by atoms with Crippen molar-refractivity contribution in [2.24, 2.45) is 7.05 Å². The molecule has 0 radical (unpaired) electrons. The van der Waals surface area contributed by atoms with Crippen molar-refractivity contribution in [2.45, 2.75) is 19.3 Å². The number of anilines is 1. The summed E-state index contributed by atoms with van der Waals surface area (Å²) in [6.07, 6.45) is 6.34. The summed E-state index contributed by atoms with van der Waals surface area (Å²) in [6.45, 7) is 3.53. The molecule has 0 aliphatic carbocycles. The Balaban J connectivity index is 1.77. The van der Waals surface area contributed by atoms with E-state index in [1.807, 2.05) is 24.1 Å². The Bertz CT molecular complexity index is 682. The molecule has 0 bridgehead atoms. The minimum atomic E-state index is -0.394. The lowest BCUT2D eigenvalue weighted by Gasteiger charge is -2.17. The van der Waals surface area contributed by atoms with E-state index in [0.717, 1.165) is 25.3 Å². The average Bonchev–Trinajstić information content (AvgIpc) is 3.06. The van der Waals surface area contributed by atoms with Crippen molar-refractivity contribution in [3.63, 3.8) is 0 Å². The fraction of sp³-hybridized carbons (Fsp3) is 0.429. The van der Waals surface area contributed by atoms with Crippen molar-refractivity contribution in [1.82, 2.24) is 14.8 Å². The number of pyridine rings is 1. The fourth-order valence-corrected chi connectivity index (χ4v) is 2.79. The van der Waals surface area contributed by atoms with Crippen LogP contribution < -0.4 is 4.90 Å². The van der Waals surface area contributed by atoms with E-state index in [-0.39, 0.29) is 5.69 Å².